The minimum Gasteiger partial charge on any atom is -0.493 e. The topological polar surface area (TPSA) is 56.8 Å². The van der Waals surface area contributed by atoms with E-state index in [0.29, 0.717) is 11.5 Å². The monoisotopic (exact) mass is 381 g/mol. The van der Waals surface area contributed by atoms with E-state index in [0.717, 1.165) is 0 Å². The number of hydrogen-bond acceptors (Lipinski definition) is 4. The summed E-state index contributed by atoms with van der Waals surface area (Å²) in [6.07, 6.45) is -3.24. The molecule has 5 nitrogen and oxygen atoms in total. The number of hydrogen-bond donors (Lipinski definition) is 1. The van der Waals surface area contributed by atoms with Crippen molar-refractivity contribution in [2.24, 2.45) is 0 Å². The van der Waals surface area contributed by atoms with Crippen molar-refractivity contribution in [3.63, 3.8) is 0 Å². The molecule has 0 atom stereocenters. The Morgan fingerprint density at radius 2 is 1.89 bits per heavy atom. The van der Waals surface area contributed by atoms with Gasteiger partial charge in [0.05, 0.1) is 7.11 Å². The van der Waals surface area contributed by atoms with Crippen molar-refractivity contribution < 1.29 is 32.2 Å². The molecule has 0 bridgehead atoms. The van der Waals surface area contributed by atoms with E-state index >= 15 is 0 Å². The predicted octanol–water partition coefficient (Wildman–Crippen LogP) is 4.09. The zero-order chi connectivity index (χ0) is 19.9. The second kappa shape index (κ2) is 8.98. The first kappa shape index (κ1) is 20.2. The summed E-state index contributed by atoms with van der Waals surface area (Å²) >= 11 is 0. The second-order valence-electron chi connectivity index (χ2n) is 5.30. The fraction of sp³-hybridized carbons (Fsp3) is 0.211. The van der Waals surface area contributed by atoms with Crippen molar-refractivity contribution >= 4 is 5.91 Å². The molecule has 0 radical (unpaired) electrons. The van der Waals surface area contributed by atoms with Gasteiger partial charge < -0.3 is 19.5 Å². The molecule has 2 aromatic rings. The molecule has 2 aromatic carbocycles. The fourth-order valence-corrected chi connectivity index (χ4v) is 2.23. The Kier molecular flexibility index (Phi) is 6.70. The number of carbonyl (C=O) groups is 1. The van der Waals surface area contributed by atoms with E-state index in [-0.39, 0.29) is 30.0 Å². The number of ether oxygens (including phenoxy) is 3. The predicted molar refractivity (Wildman–Crippen MR) is 93.0 cm³/mol. The van der Waals surface area contributed by atoms with Crippen molar-refractivity contribution in [2.75, 3.05) is 13.7 Å². The van der Waals surface area contributed by atoms with Crippen LogP contribution in [-0.4, -0.2) is 26.0 Å². The first-order valence-electron chi connectivity index (χ1n) is 7.87. The highest BCUT2D eigenvalue weighted by Gasteiger charge is 2.32. The molecule has 0 fully saturated rings. The average Bonchev–Trinajstić information content (AvgIpc) is 2.64. The standard InChI is InChI=1S/C19H18F3NO4/c1-3-10-26-16-9-8-13(11-17(16)25-2)18(24)23-12-14-6-4-5-7-15(14)27-19(20,21)22/h3-9,11H,1,10,12H2,2H3,(H,23,24). The number of nitrogens with one attached hydrogen (secondary N) is 1. The van der Waals surface area contributed by atoms with Crippen molar-refractivity contribution in [3.8, 4) is 17.2 Å². The number of rotatable bonds is 8. The van der Waals surface area contributed by atoms with Gasteiger partial charge >= 0.3 is 6.36 Å². The van der Waals surface area contributed by atoms with Gasteiger partial charge in [-0.05, 0) is 24.3 Å². The lowest BCUT2D eigenvalue weighted by atomic mass is 10.1. The maximum atomic E-state index is 12.5. The highest BCUT2D eigenvalue weighted by atomic mass is 19.4. The summed E-state index contributed by atoms with van der Waals surface area (Å²) in [5.74, 6) is -0.0513. The average molecular weight is 381 g/mol. The third-order valence-corrected chi connectivity index (χ3v) is 3.42. The van der Waals surface area contributed by atoms with Gasteiger partial charge in [-0.15, -0.1) is 13.2 Å². The summed E-state index contributed by atoms with van der Waals surface area (Å²) in [4.78, 5) is 12.3. The van der Waals surface area contributed by atoms with Gasteiger partial charge in [0.25, 0.3) is 5.91 Å². The van der Waals surface area contributed by atoms with E-state index in [1.54, 1.807) is 18.2 Å². The van der Waals surface area contributed by atoms with Crippen molar-refractivity contribution in [1.82, 2.24) is 5.32 Å². The Morgan fingerprint density at radius 3 is 2.56 bits per heavy atom. The maximum Gasteiger partial charge on any atom is 0.573 e. The van der Waals surface area contributed by atoms with Crippen LogP contribution in [-0.2, 0) is 6.54 Å². The molecule has 0 aromatic heterocycles. The number of alkyl halides is 3. The van der Waals surface area contributed by atoms with Gasteiger partial charge in [0, 0.05) is 17.7 Å². The van der Waals surface area contributed by atoms with Crippen LogP contribution in [0, 0.1) is 0 Å². The van der Waals surface area contributed by atoms with Crippen molar-refractivity contribution in [3.05, 3.63) is 66.2 Å². The van der Waals surface area contributed by atoms with Crippen LogP contribution in [0.4, 0.5) is 13.2 Å². The van der Waals surface area contributed by atoms with Crippen LogP contribution < -0.4 is 19.5 Å². The molecular formula is C19H18F3NO4. The van der Waals surface area contributed by atoms with E-state index in [2.05, 4.69) is 16.6 Å². The third kappa shape index (κ3) is 5.95. The SMILES string of the molecule is C=CCOc1ccc(C(=O)NCc2ccccc2OC(F)(F)F)cc1OC. The van der Waals surface area contributed by atoms with Gasteiger partial charge in [-0.3, -0.25) is 4.79 Å². The summed E-state index contributed by atoms with van der Waals surface area (Å²) in [5, 5.41) is 2.56. The number of amides is 1. The summed E-state index contributed by atoms with van der Waals surface area (Å²) in [7, 11) is 1.43. The molecule has 0 spiro atoms. The van der Waals surface area contributed by atoms with Crippen LogP contribution in [0.15, 0.2) is 55.1 Å². The van der Waals surface area contributed by atoms with Gasteiger partial charge in [0.1, 0.15) is 12.4 Å². The zero-order valence-electron chi connectivity index (χ0n) is 14.5. The van der Waals surface area contributed by atoms with E-state index in [1.165, 1.54) is 37.4 Å². The van der Waals surface area contributed by atoms with E-state index < -0.39 is 12.3 Å². The zero-order valence-corrected chi connectivity index (χ0v) is 14.5. The van der Waals surface area contributed by atoms with Gasteiger partial charge in [0.2, 0.25) is 0 Å². The highest BCUT2D eigenvalue weighted by molar-refractivity contribution is 5.94. The summed E-state index contributed by atoms with van der Waals surface area (Å²) in [6.45, 7) is 3.69. The number of benzene rings is 2. The molecule has 1 amide bonds. The molecule has 0 aliphatic heterocycles. The van der Waals surface area contributed by atoms with Crippen LogP contribution in [0.5, 0.6) is 17.2 Å². The second-order valence-corrected chi connectivity index (χ2v) is 5.30. The first-order chi connectivity index (χ1) is 12.8. The number of methoxy groups -OCH3 is 1. The Hall–Kier alpha value is -3.16. The minimum atomic E-state index is -4.81. The van der Waals surface area contributed by atoms with Gasteiger partial charge in [0.15, 0.2) is 11.5 Å². The molecule has 1 N–H and O–H groups in total. The van der Waals surface area contributed by atoms with Crippen LogP contribution in [0.2, 0.25) is 0 Å². The van der Waals surface area contributed by atoms with Gasteiger partial charge in [-0.2, -0.15) is 0 Å². The summed E-state index contributed by atoms with van der Waals surface area (Å²) in [6, 6.07) is 10.2. The fourth-order valence-electron chi connectivity index (χ4n) is 2.23. The molecule has 27 heavy (non-hydrogen) atoms. The smallest absolute Gasteiger partial charge is 0.493 e. The van der Waals surface area contributed by atoms with Crippen LogP contribution in [0.1, 0.15) is 15.9 Å². The van der Waals surface area contributed by atoms with Gasteiger partial charge in [-0.25, -0.2) is 0 Å². The normalized spacial score (nSPS) is 10.8. The largest absolute Gasteiger partial charge is 0.573 e. The number of carbonyl (C=O) groups excluding carboxylic acids is 1. The Balaban J connectivity index is 2.09. The minimum absolute atomic E-state index is 0.137. The molecule has 0 aliphatic carbocycles. The molecular weight excluding hydrogens is 363 g/mol. The third-order valence-electron chi connectivity index (χ3n) is 3.42. The summed E-state index contributed by atoms with van der Waals surface area (Å²) < 4.78 is 51.9. The Labute approximate surface area is 154 Å². The molecule has 144 valence electrons. The lowest BCUT2D eigenvalue weighted by Gasteiger charge is -2.14. The number of halogens is 3. The maximum absolute atomic E-state index is 12.5. The lowest BCUT2D eigenvalue weighted by Crippen LogP contribution is -2.24. The van der Waals surface area contributed by atoms with Crippen LogP contribution >= 0.6 is 0 Å². The molecule has 0 unspecified atom stereocenters. The highest BCUT2D eigenvalue weighted by Crippen LogP contribution is 2.29. The van der Waals surface area contributed by atoms with Crippen LogP contribution in [0.3, 0.4) is 0 Å². The van der Waals surface area contributed by atoms with E-state index in [4.69, 9.17) is 9.47 Å². The molecule has 0 saturated carbocycles. The molecule has 0 saturated heterocycles. The molecule has 0 aliphatic rings. The van der Waals surface area contributed by atoms with E-state index in [9.17, 15) is 18.0 Å². The van der Waals surface area contributed by atoms with Crippen LogP contribution in [0.25, 0.3) is 0 Å². The molecule has 2 rings (SSSR count). The van der Waals surface area contributed by atoms with Crippen molar-refractivity contribution in [1.29, 1.82) is 0 Å². The van der Waals surface area contributed by atoms with Gasteiger partial charge in [-0.1, -0.05) is 30.9 Å². The summed E-state index contributed by atoms with van der Waals surface area (Å²) in [5.41, 5.74) is 0.466. The number of para-hydroxylation sites is 1. The Morgan fingerprint density at radius 1 is 1.15 bits per heavy atom. The van der Waals surface area contributed by atoms with Crippen molar-refractivity contribution in [2.45, 2.75) is 12.9 Å². The first-order valence-corrected chi connectivity index (χ1v) is 7.87. The Bertz CT molecular complexity index is 806. The lowest BCUT2D eigenvalue weighted by molar-refractivity contribution is -0.274. The quantitative estimate of drug-likeness (QED) is 0.700. The molecule has 0 heterocycles. The molecule has 8 heteroatoms. The van der Waals surface area contributed by atoms with E-state index in [1.807, 2.05) is 0 Å².